The zero-order chi connectivity index (χ0) is 25.2. The number of nitriles is 1. The van der Waals surface area contributed by atoms with Gasteiger partial charge >= 0.3 is 0 Å². The van der Waals surface area contributed by atoms with Gasteiger partial charge in [-0.3, -0.25) is 0 Å². The Morgan fingerprint density at radius 3 is 2.08 bits per heavy atom. The number of fused-ring (bicyclic) bond motifs is 1. The van der Waals surface area contributed by atoms with Gasteiger partial charge in [0, 0.05) is 17.8 Å². The maximum Gasteiger partial charge on any atom is 0.149 e. The van der Waals surface area contributed by atoms with E-state index in [9.17, 15) is 5.26 Å². The molecule has 5 rings (SSSR count). The maximum atomic E-state index is 9.83. The minimum atomic E-state index is 0.219. The summed E-state index contributed by atoms with van der Waals surface area (Å²) in [6.45, 7) is 6.21. The number of aromatic nitrogens is 3. The third-order valence-corrected chi connectivity index (χ3v) is 5.94. The van der Waals surface area contributed by atoms with E-state index < -0.39 is 0 Å². The molecule has 0 aliphatic heterocycles. The van der Waals surface area contributed by atoms with Crippen LogP contribution in [-0.4, -0.2) is 14.5 Å². The summed E-state index contributed by atoms with van der Waals surface area (Å²) in [4.78, 5) is 8.64. The second-order valence-corrected chi connectivity index (χ2v) is 8.78. The van der Waals surface area contributed by atoms with Gasteiger partial charge < -0.3 is 19.8 Å². The molecule has 0 atom stereocenters. The molecular weight excluding hydrogens is 450 g/mol. The van der Waals surface area contributed by atoms with Crippen molar-refractivity contribution < 1.29 is 9.47 Å². The van der Waals surface area contributed by atoms with E-state index >= 15 is 0 Å². The van der Waals surface area contributed by atoms with E-state index in [-0.39, 0.29) is 6.04 Å². The molecule has 0 amide bonds. The summed E-state index contributed by atoms with van der Waals surface area (Å²) in [6.07, 6.45) is 3.54. The van der Waals surface area contributed by atoms with Gasteiger partial charge in [-0.2, -0.15) is 5.26 Å². The van der Waals surface area contributed by atoms with Crippen LogP contribution in [0.3, 0.4) is 0 Å². The molecule has 0 spiro atoms. The average Bonchev–Trinajstić information content (AvgIpc) is 3.28. The lowest BCUT2D eigenvalue weighted by atomic mass is 10.1. The highest BCUT2D eigenvalue weighted by molar-refractivity contribution is 6.00. The van der Waals surface area contributed by atoms with Crippen molar-refractivity contribution in [2.45, 2.75) is 26.8 Å². The van der Waals surface area contributed by atoms with E-state index in [2.05, 4.69) is 40.6 Å². The van der Waals surface area contributed by atoms with E-state index in [1.165, 1.54) is 6.33 Å². The molecule has 178 valence electrons. The van der Waals surface area contributed by atoms with Crippen LogP contribution < -0.4 is 15.2 Å². The lowest BCUT2D eigenvalue weighted by Gasteiger charge is -2.12. The van der Waals surface area contributed by atoms with Crippen LogP contribution in [-0.2, 0) is 0 Å². The highest BCUT2D eigenvalue weighted by atomic mass is 16.5. The number of nitrogens with zero attached hydrogens (tertiary/aromatic N) is 4. The topological polar surface area (TPSA) is 99.0 Å². The molecule has 0 aliphatic rings. The highest BCUT2D eigenvalue weighted by Crippen LogP contribution is 2.37. The lowest BCUT2D eigenvalue weighted by Crippen LogP contribution is -2.00. The van der Waals surface area contributed by atoms with Gasteiger partial charge in [0.05, 0.1) is 5.39 Å². The predicted octanol–water partition coefficient (Wildman–Crippen LogP) is 7.03. The second-order valence-electron chi connectivity index (χ2n) is 8.78. The van der Waals surface area contributed by atoms with Crippen molar-refractivity contribution in [3.8, 4) is 40.2 Å². The summed E-state index contributed by atoms with van der Waals surface area (Å²) >= 11 is 0. The van der Waals surface area contributed by atoms with Crippen molar-refractivity contribution in [2.24, 2.45) is 0 Å². The largest absolute Gasteiger partial charge is 0.456 e. The molecule has 2 aromatic heterocycles. The van der Waals surface area contributed by atoms with Gasteiger partial charge in [0.1, 0.15) is 52.4 Å². The Bertz CT molecular complexity index is 1580. The van der Waals surface area contributed by atoms with E-state index in [0.29, 0.717) is 34.4 Å². The van der Waals surface area contributed by atoms with Gasteiger partial charge in [-0.1, -0.05) is 35.9 Å². The molecule has 7 heteroatoms. The fraction of sp³-hybridized carbons (Fsp3) is 0.138. The summed E-state index contributed by atoms with van der Waals surface area (Å²) in [5.74, 6) is 2.55. The fourth-order valence-electron chi connectivity index (χ4n) is 4.07. The molecule has 7 nitrogen and oxygen atoms in total. The third kappa shape index (κ3) is 4.32. The molecule has 0 saturated carbocycles. The smallest absolute Gasteiger partial charge is 0.149 e. The van der Waals surface area contributed by atoms with Crippen LogP contribution >= 0.6 is 0 Å². The Kier molecular flexibility index (Phi) is 6.01. The Morgan fingerprint density at radius 2 is 1.50 bits per heavy atom. The van der Waals surface area contributed by atoms with Gasteiger partial charge in [0.15, 0.2) is 0 Å². The molecule has 0 unspecified atom stereocenters. The highest BCUT2D eigenvalue weighted by Gasteiger charge is 2.17. The van der Waals surface area contributed by atoms with Gasteiger partial charge in [0.25, 0.3) is 0 Å². The third-order valence-electron chi connectivity index (χ3n) is 5.94. The maximum absolute atomic E-state index is 9.83. The molecule has 2 heterocycles. The first-order valence-electron chi connectivity index (χ1n) is 11.6. The molecule has 0 radical (unpaired) electrons. The zero-order valence-corrected chi connectivity index (χ0v) is 20.3. The predicted molar refractivity (Wildman–Crippen MR) is 140 cm³/mol. The Hall–Kier alpha value is -4.83. The number of nitrogen functional groups attached to an aromatic ring is 1. The molecule has 3 aromatic carbocycles. The lowest BCUT2D eigenvalue weighted by molar-refractivity contribution is 0.457. The van der Waals surface area contributed by atoms with E-state index in [1.54, 1.807) is 18.2 Å². The SMILES string of the molecule is Cc1ccc(Oc2cccc(Oc3ccc(-c4cn(C(C)C)c5ncnc(N)c45)cc3)c2C#N)cc1. The van der Waals surface area contributed by atoms with Crippen molar-refractivity contribution in [3.05, 3.63) is 90.4 Å². The average molecular weight is 476 g/mol. The van der Waals surface area contributed by atoms with Gasteiger partial charge in [0.2, 0.25) is 0 Å². The first-order valence-corrected chi connectivity index (χ1v) is 11.6. The first kappa shape index (κ1) is 22.9. The summed E-state index contributed by atoms with van der Waals surface area (Å²) in [5, 5.41) is 10.7. The molecule has 2 N–H and O–H groups in total. The zero-order valence-electron chi connectivity index (χ0n) is 20.3. The van der Waals surface area contributed by atoms with Crippen molar-refractivity contribution in [1.82, 2.24) is 14.5 Å². The first-order chi connectivity index (χ1) is 17.4. The van der Waals surface area contributed by atoms with E-state index in [0.717, 1.165) is 27.7 Å². The number of anilines is 1. The number of ether oxygens (including phenoxy) is 2. The van der Waals surface area contributed by atoms with Crippen molar-refractivity contribution in [3.63, 3.8) is 0 Å². The molecule has 0 saturated heterocycles. The minimum Gasteiger partial charge on any atom is -0.456 e. The summed E-state index contributed by atoms with van der Waals surface area (Å²) < 4.78 is 14.1. The number of rotatable bonds is 6. The van der Waals surface area contributed by atoms with Crippen molar-refractivity contribution in [2.75, 3.05) is 5.73 Å². The van der Waals surface area contributed by atoms with Crippen LogP contribution in [0.2, 0.25) is 0 Å². The van der Waals surface area contributed by atoms with Crippen LogP contribution in [0.4, 0.5) is 5.82 Å². The molecule has 0 bridgehead atoms. The van der Waals surface area contributed by atoms with Crippen LogP contribution in [0.5, 0.6) is 23.0 Å². The summed E-state index contributed by atoms with van der Waals surface area (Å²) in [5.41, 5.74) is 10.4. The molecular formula is C29H25N5O2. The quantitative estimate of drug-likeness (QED) is 0.283. The number of benzene rings is 3. The van der Waals surface area contributed by atoms with Crippen LogP contribution in [0.15, 0.2) is 79.3 Å². The van der Waals surface area contributed by atoms with E-state index in [1.807, 2.05) is 55.5 Å². The van der Waals surface area contributed by atoms with Gasteiger partial charge in [-0.15, -0.1) is 0 Å². The van der Waals surface area contributed by atoms with Crippen LogP contribution in [0.25, 0.3) is 22.2 Å². The molecule has 0 fully saturated rings. The van der Waals surface area contributed by atoms with Crippen LogP contribution in [0.1, 0.15) is 31.0 Å². The number of aryl methyl sites for hydroxylation is 1. The normalized spacial score (nSPS) is 11.0. The standard InChI is InChI=1S/C29H25N5O2/c1-18(2)34-16-24(27-28(31)32-17-33-29(27)34)20-9-13-22(14-10-20)36-26-6-4-5-25(23(26)15-30)35-21-11-7-19(3)8-12-21/h4-14,16-18H,1-3H3,(H2,31,32,33). The fourth-order valence-corrected chi connectivity index (χ4v) is 4.07. The Labute approximate surface area is 209 Å². The Balaban J connectivity index is 1.44. The number of nitrogens with two attached hydrogens (primary N) is 1. The summed E-state index contributed by atoms with van der Waals surface area (Å²) in [7, 11) is 0. The summed E-state index contributed by atoms with van der Waals surface area (Å²) in [6, 6.07) is 23.1. The Morgan fingerprint density at radius 1 is 0.889 bits per heavy atom. The minimum absolute atomic E-state index is 0.219. The van der Waals surface area contributed by atoms with Crippen LogP contribution in [0, 0.1) is 18.3 Å². The molecule has 0 aliphatic carbocycles. The second kappa shape index (κ2) is 9.43. The number of hydrogen-bond donors (Lipinski definition) is 1. The van der Waals surface area contributed by atoms with E-state index in [4.69, 9.17) is 15.2 Å². The van der Waals surface area contributed by atoms with Crippen molar-refractivity contribution >= 4 is 16.9 Å². The number of hydrogen-bond acceptors (Lipinski definition) is 6. The van der Waals surface area contributed by atoms with Gasteiger partial charge in [-0.05, 0) is 62.7 Å². The monoisotopic (exact) mass is 475 g/mol. The molecule has 36 heavy (non-hydrogen) atoms. The van der Waals surface area contributed by atoms with Gasteiger partial charge in [-0.25, -0.2) is 9.97 Å². The van der Waals surface area contributed by atoms with Crippen molar-refractivity contribution in [1.29, 1.82) is 5.26 Å². The molecule has 5 aromatic rings.